The van der Waals surface area contributed by atoms with E-state index in [0.29, 0.717) is 5.57 Å². The second-order valence-corrected chi connectivity index (χ2v) is 2.59. The maximum atomic E-state index is 10.5. The van der Waals surface area contributed by atoms with Crippen LogP contribution >= 0.6 is 0 Å². The Balaban J connectivity index is 3.15. The maximum absolute atomic E-state index is 10.5. The third kappa shape index (κ3) is 1.69. The van der Waals surface area contributed by atoms with E-state index in [1.165, 1.54) is 18.2 Å². The molecule has 0 fully saturated rings. The number of carbonyl (C=O) groups is 1. The Hall–Kier alpha value is -2.35. The number of hydrogen-bond donors (Lipinski definition) is 3. The van der Waals surface area contributed by atoms with Crippen molar-refractivity contribution in [1.82, 2.24) is 0 Å². The van der Waals surface area contributed by atoms with Crippen LogP contribution in [0.1, 0.15) is 0 Å². The van der Waals surface area contributed by atoms with E-state index in [1.54, 1.807) is 0 Å². The van der Waals surface area contributed by atoms with E-state index in [-0.39, 0.29) is 17.0 Å². The van der Waals surface area contributed by atoms with Gasteiger partial charge in [0.1, 0.15) is 5.70 Å². The van der Waals surface area contributed by atoms with Gasteiger partial charge in [-0.1, -0.05) is 0 Å². The molecule has 5 heteroatoms. The molecule has 1 aliphatic rings. The van der Waals surface area contributed by atoms with Crippen LogP contribution in [0.5, 0.6) is 0 Å². The van der Waals surface area contributed by atoms with Crippen LogP contribution in [0, 0.1) is 16.7 Å². The van der Waals surface area contributed by atoms with Crippen LogP contribution in [0.3, 0.4) is 0 Å². The summed E-state index contributed by atoms with van der Waals surface area (Å²) in [5, 5.41) is 24.5. The van der Waals surface area contributed by atoms with Gasteiger partial charge in [-0.25, -0.2) is 4.79 Å². The van der Waals surface area contributed by atoms with Crippen LogP contribution in [0.4, 0.5) is 0 Å². The van der Waals surface area contributed by atoms with Crippen LogP contribution in [0.15, 0.2) is 35.1 Å². The summed E-state index contributed by atoms with van der Waals surface area (Å²) >= 11 is 0. The lowest BCUT2D eigenvalue weighted by molar-refractivity contribution is -0.132. The van der Waals surface area contributed by atoms with Crippen molar-refractivity contribution in [1.29, 1.82) is 10.7 Å². The molecule has 1 aliphatic carbocycles. The van der Waals surface area contributed by atoms with Gasteiger partial charge in [-0.3, -0.25) is 0 Å². The lowest BCUT2D eigenvalue weighted by atomic mass is 9.99. The molecule has 5 nitrogen and oxygen atoms in total. The Kier molecular flexibility index (Phi) is 2.49. The number of allylic oxidation sites excluding steroid dienone is 5. The molecule has 0 aromatic rings. The topological polar surface area (TPSA) is 111 Å². The second kappa shape index (κ2) is 3.58. The standard InChI is InChI=1S/C9H7N3O2/c10-4-5-1-2-6(7(11)3-5)8(12)9(13)14/h1-3,11H,12H2,(H,13,14)/b8-6-,11-7?. The Morgan fingerprint density at radius 1 is 1.57 bits per heavy atom. The quantitative estimate of drug-likeness (QED) is 0.516. The summed E-state index contributed by atoms with van der Waals surface area (Å²) in [7, 11) is 0. The molecule has 0 unspecified atom stereocenters. The number of hydrogen-bond acceptors (Lipinski definition) is 4. The minimum absolute atomic E-state index is 0.0658. The SMILES string of the molecule is N#CC1=CC(=N)/C(=C(\N)C(=O)O)C=C1. The molecular formula is C9H7N3O2. The number of nitrogens with one attached hydrogen (secondary N) is 1. The number of nitriles is 1. The van der Waals surface area contributed by atoms with E-state index in [9.17, 15) is 4.79 Å². The van der Waals surface area contributed by atoms with Crippen LogP contribution in [0.2, 0.25) is 0 Å². The van der Waals surface area contributed by atoms with E-state index in [4.69, 9.17) is 21.5 Å². The molecule has 0 aromatic heterocycles. The van der Waals surface area contributed by atoms with E-state index in [1.807, 2.05) is 6.07 Å². The highest BCUT2D eigenvalue weighted by atomic mass is 16.4. The highest BCUT2D eigenvalue weighted by Crippen LogP contribution is 2.13. The molecule has 0 atom stereocenters. The fourth-order valence-corrected chi connectivity index (χ4v) is 0.964. The summed E-state index contributed by atoms with van der Waals surface area (Å²) in [6.07, 6.45) is 4.04. The zero-order valence-electron chi connectivity index (χ0n) is 7.11. The predicted octanol–water partition coefficient (Wildman–Crippen LogP) is 0.323. The Morgan fingerprint density at radius 2 is 2.21 bits per heavy atom. The van der Waals surface area contributed by atoms with Crippen LogP contribution < -0.4 is 5.73 Å². The van der Waals surface area contributed by atoms with Crippen LogP contribution in [-0.4, -0.2) is 16.8 Å². The van der Waals surface area contributed by atoms with Gasteiger partial charge in [-0.15, -0.1) is 0 Å². The van der Waals surface area contributed by atoms with Gasteiger partial charge >= 0.3 is 5.97 Å². The van der Waals surface area contributed by atoms with Crippen molar-refractivity contribution in [3.8, 4) is 6.07 Å². The van der Waals surface area contributed by atoms with Gasteiger partial charge in [0.25, 0.3) is 0 Å². The summed E-state index contributed by atoms with van der Waals surface area (Å²) in [5.74, 6) is -1.27. The molecule has 0 heterocycles. The smallest absolute Gasteiger partial charge is 0.352 e. The van der Waals surface area contributed by atoms with Crippen molar-refractivity contribution in [2.45, 2.75) is 0 Å². The average molecular weight is 189 g/mol. The second-order valence-electron chi connectivity index (χ2n) is 2.59. The van der Waals surface area contributed by atoms with E-state index in [0.717, 1.165) is 0 Å². The van der Waals surface area contributed by atoms with Crippen LogP contribution in [0.25, 0.3) is 0 Å². The van der Waals surface area contributed by atoms with Crippen molar-refractivity contribution in [3.63, 3.8) is 0 Å². The number of carboxylic acid groups (broad SMARTS) is 1. The predicted molar refractivity (Wildman–Crippen MR) is 49.4 cm³/mol. The molecule has 0 radical (unpaired) electrons. The first-order chi connectivity index (χ1) is 6.56. The Morgan fingerprint density at radius 3 is 2.64 bits per heavy atom. The molecule has 0 amide bonds. The highest BCUT2D eigenvalue weighted by Gasteiger charge is 2.14. The van der Waals surface area contributed by atoms with Crippen molar-refractivity contribution < 1.29 is 9.90 Å². The van der Waals surface area contributed by atoms with Gasteiger partial charge in [-0.05, 0) is 18.2 Å². The molecule has 4 N–H and O–H groups in total. The number of aliphatic carboxylic acids is 1. The molecular weight excluding hydrogens is 182 g/mol. The lowest BCUT2D eigenvalue weighted by Gasteiger charge is -2.07. The monoisotopic (exact) mass is 189 g/mol. The Bertz CT molecular complexity index is 435. The summed E-state index contributed by atoms with van der Waals surface area (Å²) in [5.41, 5.74) is 5.21. The number of rotatable bonds is 1. The van der Waals surface area contributed by atoms with Gasteiger partial charge in [0.2, 0.25) is 0 Å². The summed E-state index contributed by atoms with van der Waals surface area (Å²) < 4.78 is 0. The van der Waals surface area contributed by atoms with Crippen molar-refractivity contribution in [2.75, 3.05) is 0 Å². The Labute approximate surface area is 80.0 Å². The number of nitrogens with two attached hydrogens (primary N) is 1. The molecule has 0 aliphatic heterocycles. The molecule has 14 heavy (non-hydrogen) atoms. The zero-order chi connectivity index (χ0) is 10.7. The summed E-state index contributed by atoms with van der Waals surface area (Å²) in [4.78, 5) is 10.5. The number of carboxylic acids is 1. The van der Waals surface area contributed by atoms with Crippen molar-refractivity contribution in [3.05, 3.63) is 35.1 Å². The van der Waals surface area contributed by atoms with Gasteiger partial charge in [0, 0.05) is 5.57 Å². The minimum atomic E-state index is -1.27. The first kappa shape index (κ1) is 9.74. The minimum Gasteiger partial charge on any atom is -0.477 e. The molecule has 0 spiro atoms. The van der Waals surface area contributed by atoms with E-state index >= 15 is 0 Å². The third-order valence-corrected chi connectivity index (χ3v) is 1.67. The fourth-order valence-electron chi connectivity index (χ4n) is 0.964. The number of nitrogens with zero attached hydrogens (tertiary/aromatic N) is 1. The normalized spacial score (nSPS) is 18.5. The van der Waals surface area contributed by atoms with E-state index < -0.39 is 5.97 Å². The molecule has 0 bridgehead atoms. The lowest BCUT2D eigenvalue weighted by Crippen LogP contribution is -2.17. The fraction of sp³-hybridized carbons (Fsp3) is 0. The van der Waals surface area contributed by atoms with E-state index in [2.05, 4.69) is 0 Å². The average Bonchev–Trinajstić information content (AvgIpc) is 2.16. The van der Waals surface area contributed by atoms with Gasteiger partial charge < -0.3 is 16.2 Å². The van der Waals surface area contributed by atoms with Crippen molar-refractivity contribution in [2.24, 2.45) is 5.73 Å². The molecule has 0 aromatic carbocycles. The third-order valence-electron chi connectivity index (χ3n) is 1.67. The van der Waals surface area contributed by atoms with Gasteiger partial charge in [0.05, 0.1) is 17.4 Å². The molecule has 0 saturated carbocycles. The van der Waals surface area contributed by atoms with Crippen LogP contribution in [-0.2, 0) is 4.79 Å². The molecule has 0 saturated heterocycles. The summed E-state index contributed by atoms with van der Waals surface area (Å²) in [6, 6.07) is 1.85. The molecule has 1 rings (SSSR count). The summed E-state index contributed by atoms with van der Waals surface area (Å²) in [6.45, 7) is 0. The first-order valence-electron chi connectivity index (χ1n) is 3.68. The zero-order valence-corrected chi connectivity index (χ0v) is 7.11. The molecule has 70 valence electrons. The highest BCUT2D eigenvalue weighted by molar-refractivity contribution is 6.14. The van der Waals surface area contributed by atoms with Crippen molar-refractivity contribution >= 4 is 11.7 Å². The maximum Gasteiger partial charge on any atom is 0.352 e. The largest absolute Gasteiger partial charge is 0.477 e. The van der Waals surface area contributed by atoms with Gasteiger partial charge in [0.15, 0.2) is 0 Å². The first-order valence-corrected chi connectivity index (χ1v) is 3.68. The van der Waals surface area contributed by atoms with Gasteiger partial charge in [-0.2, -0.15) is 5.26 Å².